The maximum atomic E-state index is 13.1. The van der Waals surface area contributed by atoms with Crippen LogP contribution in [0, 0.1) is 17.7 Å². The number of hydrogen-bond donors (Lipinski definition) is 0. The van der Waals surface area contributed by atoms with Gasteiger partial charge >= 0.3 is 0 Å². The molecule has 0 unspecified atom stereocenters. The third-order valence-electron chi connectivity index (χ3n) is 3.96. The van der Waals surface area contributed by atoms with Gasteiger partial charge in [-0.25, -0.2) is 4.39 Å². The zero-order valence-corrected chi connectivity index (χ0v) is 13.3. The second kappa shape index (κ2) is 6.44. The van der Waals surface area contributed by atoms with Crippen molar-refractivity contribution in [2.75, 3.05) is 13.1 Å². The number of nitrogens with zero attached hydrogens (tertiary/aromatic N) is 1. The van der Waals surface area contributed by atoms with Crippen molar-refractivity contribution < 1.29 is 18.3 Å². The molecule has 0 saturated carbocycles. The van der Waals surface area contributed by atoms with Crippen LogP contribution in [-0.4, -0.2) is 23.9 Å². The van der Waals surface area contributed by atoms with E-state index >= 15 is 0 Å². The van der Waals surface area contributed by atoms with Gasteiger partial charge in [0, 0.05) is 25.2 Å². The lowest BCUT2D eigenvalue weighted by Crippen LogP contribution is -2.42. The molecule has 23 heavy (non-hydrogen) atoms. The molecule has 0 aliphatic carbocycles. The second-order valence-corrected chi connectivity index (χ2v) is 6.33. The zero-order valence-electron chi connectivity index (χ0n) is 13.3. The lowest BCUT2D eigenvalue weighted by Gasteiger charge is -2.34. The summed E-state index contributed by atoms with van der Waals surface area (Å²) in [4.78, 5) is 14.4. The molecule has 2 heterocycles. The fraction of sp³-hybridized carbons (Fsp3) is 0.389. The molecule has 1 saturated heterocycles. The quantitative estimate of drug-likeness (QED) is 0.846. The van der Waals surface area contributed by atoms with Crippen LogP contribution < -0.4 is 4.74 Å². The Balaban J connectivity index is 1.70. The van der Waals surface area contributed by atoms with Crippen molar-refractivity contribution in [3.05, 3.63) is 48.0 Å². The molecule has 0 radical (unpaired) electrons. The Morgan fingerprint density at radius 2 is 1.96 bits per heavy atom. The Morgan fingerprint density at radius 3 is 2.65 bits per heavy atom. The minimum Gasteiger partial charge on any atom is -0.426 e. The van der Waals surface area contributed by atoms with Gasteiger partial charge in [-0.2, -0.15) is 0 Å². The number of carbonyl (C=O) groups excluding carboxylic acids is 1. The summed E-state index contributed by atoms with van der Waals surface area (Å²) < 4.78 is 24.1. The van der Waals surface area contributed by atoms with E-state index in [1.807, 2.05) is 4.90 Å². The van der Waals surface area contributed by atoms with Gasteiger partial charge in [-0.15, -0.1) is 0 Å². The van der Waals surface area contributed by atoms with E-state index in [1.54, 1.807) is 24.3 Å². The van der Waals surface area contributed by atoms with Gasteiger partial charge in [0.05, 0.1) is 0 Å². The second-order valence-electron chi connectivity index (χ2n) is 6.33. The summed E-state index contributed by atoms with van der Waals surface area (Å²) in [6.07, 6.45) is 1.13. The van der Waals surface area contributed by atoms with E-state index < -0.39 is 0 Å². The summed E-state index contributed by atoms with van der Waals surface area (Å²) in [5.74, 6) is 1.22. The van der Waals surface area contributed by atoms with Gasteiger partial charge in [0.2, 0.25) is 0 Å². The largest absolute Gasteiger partial charge is 0.426 e. The van der Waals surface area contributed by atoms with Crippen molar-refractivity contribution in [2.45, 2.75) is 20.3 Å². The third-order valence-corrected chi connectivity index (χ3v) is 3.96. The summed E-state index contributed by atoms with van der Waals surface area (Å²) in [6.45, 7) is 5.78. The summed E-state index contributed by atoms with van der Waals surface area (Å²) in [6, 6.07) is 8.95. The molecule has 2 atom stereocenters. The number of ether oxygens (including phenoxy) is 1. The zero-order chi connectivity index (χ0) is 16.4. The molecule has 2 aromatic rings. The predicted octanol–water partition coefficient (Wildman–Crippen LogP) is 4.33. The molecule has 0 N–H and O–H groups in total. The number of likely N-dealkylation sites (tertiary alicyclic amines) is 1. The predicted molar refractivity (Wildman–Crippen MR) is 84.0 cm³/mol. The van der Waals surface area contributed by atoms with Gasteiger partial charge in [-0.05, 0) is 36.5 Å². The summed E-state index contributed by atoms with van der Waals surface area (Å²) in [5, 5.41) is 0. The van der Waals surface area contributed by atoms with Gasteiger partial charge in [0.15, 0.2) is 5.76 Å². The van der Waals surface area contributed by atoms with Crippen LogP contribution in [0.25, 0.3) is 0 Å². The lowest BCUT2D eigenvalue weighted by atomic mass is 9.92. The lowest BCUT2D eigenvalue weighted by molar-refractivity contribution is 0.0587. The van der Waals surface area contributed by atoms with Crippen molar-refractivity contribution >= 4 is 5.91 Å². The molecule has 5 heteroatoms. The molecular formula is C18H20FNO3. The van der Waals surface area contributed by atoms with E-state index in [-0.39, 0.29) is 23.4 Å². The molecule has 1 aliphatic heterocycles. The number of furan rings is 1. The molecule has 3 rings (SSSR count). The van der Waals surface area contributed by atoms with Crippen LogP contribution in [0.5, 0.6) is 11.7 Å². The first-order valence-corrected chi connectivity index (χ1v) is 7.84. The summed E-state index contributed by atoms with van der Waals surface area (Å²) >= 11 is 0. The first-order valence-electron chi connectivity index (χ1n) is 7.84. The van der Waals surface area contributed by atoms with Crippen molar-refractivity contribution in [1.29, 1.82) is 0 Å². The van der Waals surface area contributed by atoms with E-state index in [9.17, 15) is 9.18 Å². The molecular weight excluding hydrogens is 297 g/mol. The van der Waals surface area contributed by atoms with E-state index in [4.69, 9.17) is 9.15 Å². The molecule has 1 amide bonds. The highest BCUT2D eigenvalue weighted by atomic mass is 19.1. The Labute approximate surface area is 134 Å². The van der Waals surface area contributed by atoms with Gasteiger partial charge in [0.25, 0.3) is 11.9 Å². The fourth-order valence-corrected chi connectivity index (χ4v) is 3.12. The Hall–Kier alpha value is -2.30. The molecule has 0 spiro atoms. The molecule has 4 nitrogen and oxygen atoms in total. The van der Waals surface area contributed by atoms with Gasteiger partial charge in [-0.1, -0.05) is 19.9 Å². The monoisotopic (exact) mass is 317 g/mol. The van der Waals surface area contributed by atoms with Crippen LogP contribution in [0.1, 0.15) is 30.8 Å². The molecule has 1 aromatic carbocycles. The van der Waals surface area contributed by atoms with Crippen LogP contribution in [0.15, 0.2) is 40.8 Å². The SMILES string of the molecule is C[C@H]1C[C@H](C)CN(C(=O)c2ccc(Oc3cccc(F)c3)o2)C1. The highest BCUT2D eigenvalue weighted by Gasteiger charge is 2.27. The number of amides is 1. The topological polar surface area (TPSA) is 42.7 Å². The van der Waals surface area contributed by atoms with E-state index in [2.05, 4.69) is 13.8 Å². The third kappa shape index (κ3) is 3.73. The highest BCUT2D eigenvalue weighted by molar-refractivity contribution is 5.91. The maximum Gasteiger partial charge on any atom is 0.290 e. The normalized spacial score (nSPS) is 21.3. The summed E-state index contributed by atoms with van der Waals surface area (Å²) in [5.41, 5.74) is 0. The number of rotatable bonds is 3. The van der Waals surface area contributed by atoms with E-state index in [0.29, 0.717) is 17.6 Å². The number of hydrogen-bond acceptors (Lipinski definition) is 3. The summed E-state index contributed by atoms with van der Waals surface area (Å²) in [7, 11) is 0. The first-order chi connectivity index (χ1) is 11.0. The van der Waals surface area contributed by atoms with Crippen LogP contribution in [-0.2, 0) is 0 Å². The maximum absolute atomic E-state index is 13.1. The number of carbonyl (C=O) groups is 1. The van der Waals surface area contributed by atoms with E-state index in [1.165, 1.54) is 12.1 Å². The van der Waals surface area contributed by atoms with Crippen LogP contribution in [0.3, 0.4) is 0 Å². The standard InChI is InChI=1S/C18H20FNO3/c1-12-8-13(2)11-20(10-12)18(21)16-6-7-17(23-16)22-15-5-3-4-14(19)9-15/h3-7,9,12-13H,8,10-11H2,1-2H3/t12-,13-/m0/s1. The van der Waals surface area contributed by atoms with Crippen molar-refractivity contribution in [2.24, 2.45) is 11.8 Å². The Bertz CT molecular complexity index is 687. The number of benzene rings is 1. The van der Waals surface area contributed by atoms with Crippen molar-refractivity contribution in [3.63, 3.8) is 0 Å². The van der Waals surface area contributed by atoms with Crippen LogP contribution in [0.4, 0.5) is 4.39 Å². The van der Waals surface area contributed by atoms with Crippen LogP contribution >= 0.6 is 0 Å². The first kappa shape index (κ1) is 15.6. The Morgan fingerprint density at radius 1 is 1.22 bits per heavy atom. The number of piperidine rings is 1. The number of halogens is 1. The van der Waals surface area contributed by atoms with E-state index in [0.717, 1.165) is 19.5 Å². The minimum absolute atomic E-state index is 0.127. The fourth-order valence-electron chi connectivity index (χ4n) is 3.12. The minimum atomic E-state index is -0.387. The van der Waals surface area contributed by atoms with Crippen LogP contribution in [0.2, 0.25) is 0 Å². The van der Waals surface area contributed by atoms with Crippen molar-refractivity contribution in [1.82, 2.24) is 4.90 Å². The van der Waals surface area contributed by atoms with Gasteiger partial charge in [-0.3, -0.25) is 4.79 Å². The molecule has 122 valence electrons. The highest BCUT2D eigenvalue weighted by Crippen LogP contribution is 2.27. The average Bonchev–Trinajstić information content (AvgIpc) is 2.94. The molecule has 0 bridgehead atoms. The van der Waals surface area contributed by atoms with Gasteiger partial charge < -0.3 is 14.1 Å². The van der Waals surface area contributed by atoms with Crippen molar-refractivity contribution in [3.8, 4) is 11.7 Å². The molecule has 1 fully saturated rings. The molecule has 1 aliphatic rings. The smallest absolute Gasteiger partial charge is 0.290 e. The molecule has 1 aromatic heterocycles. The average molecular weight is 317 g/mol. The Kier molecular flexibility index (Phi) is 4.37. The van der Waals surface area contributed by atoms with Gasteiger partial charge in [0.1, 0.15) is 11.6 Å².